The van der Waals surface area contributed by atoms with Crippen LogP contribution in [0.1, 0.15) is 48.0 Å². The second-order valence-corrected chi connectivity index (χ2v) is 3.17. The Kier molecular flexibility index (Phi) is 25.2. The van der Waals surface area contributed by atoms with Gasteiger partial charge in [0.2, 0.25) is 0 Å². The van der Waals surface area contributed by atoms with Crippen molar-refractivity contribution in [1.82, 2.24) is 0 Å². The van der Waals surface area contributed by atoms with Crippen LogP contribution in [0.3, 0.4) is 0 Å². The lowest BCUT2D eigenvalue weighted by Crippen LogP contribution is -1.84. The van der Waals surface area contributed by atoms with Crippen LogP contribution >= 0.6 is 0 Å². The average Bonchev–Trinajstić information content (AvgIpc) is 2.37. The van der Waals surface area contributed by atoms with Gasteiger partial charge in [-0.05, 0) is 26.0 Å². The van der Waals surface area contributed by atoms with Crippen LogP contribution in [0.5, 0.6) is 0 Å². The minimum absolute atomic E-state index is 0.609. The fourth-order valence-corrected chi connectivity index (χ4v) is 0.682. The van der Waals surface area contributed by atoms with Gasteiger partial charge in [-0.3, -0.25) is 0 Å². The van der Waals surface area contributed by atoms with E-state index < -0.39 is 0 Å². The van der Waals surface area contributed by atoms with Crippen molar-refractivity contribution in [3.63, 3.8) is 0 Å². The Morgan fingerprint density at radius 2 is 1.67 bits per heavy atom. The van der Waals surface area contributed by atoms with E-state index in [0.717, 1.165) is 5.76 Å². The molecule has 0 aromatic rings. The summed E-state index contributed by atoms with van der Waals surface area (Å²) in [7, 11) is 0. The van der Waals surface area contributed by atoms with E-state index in [-0.39, 0.29) is 0 Å². The average molecular weight is 250 g/mol. The molecule has 0 fully saturated rings. The predicted molar refractivity (Wildman–Crippen MR) is 85.4 cm³/mol. The van der Waals surface area contributed by atoms with E-state index in [2.05, 4.69) is 27.0 Å². The van der Waals surface area contributed by atoms with Crippen molar-refractivity contribution in [2.24, 2.45) is 0 Å². The van der Waals surface area contributed by atoms with Gasteiger partial charge in [0.05, 0.1) is 0 Å². The standard InChI is InChI=1S/C12H16O.C3H8.C2H6/c1-5-7-9-11(3)13-12(4)10-8-6-2;1-3-2;1-2/h5-10H,1,3H2,2,4H3;3H2,1-2H3;1-2H3/b8-6-,9-7-,12-10+;;. The highest BCUT2D eigenvalue weighted by Crippen LogP contribution is 2.05. The second-order valence-electron chi connectivity index (χ2n) is 3.17. The van der Waals surface area contributed by atoms with Crippen LogP contribution in [0.4, 0.5) is 0 Å². The smallest absolute Gasteiger partial charge is 0.119 e. The third kappa shape index (κ3) is 24.0. The third-order valence-electron chi connectivity index (χ3n) is 1.23. The Morgan fingerprint density at radius 3 is 2.06 bits per heavy atom. The number of hydrogen-bond acceptors (Lipinski definition) is 1. The minimum Gasteiger partial charge on any atom is -0.463 e. The van der Waals surface area contributed by atoms with Crippen LogP contribution in [0.2, 0.25) is 0 Å². The van der Waals surface area contributed by atoms with Crippen LogP contribution < -0.4 is 0 Å². The maximum Gasteiger partial charge on any atom is 0.119 e. The molecule has 0 N–H and O–H groups in total. The summed E-state index contributed by atoms with van der Waals surface area (Å²) in [5, 5.41) is 0. The molecule has 0 rings (SSSR count). The van der Waals surface area contributed by atoms with Gasteiger partial charge in [0.15, 0.2) is 0 Å². The summed E-state index contributed by atoms with van der Waals surface area (Å²) >= 11 is 0. The largest absolute Gasteiger partial charge is 0.463 e. The van der Waals surface area contributed by atoms with Crippen LogP contribution in [0.25, 0.3) is 0 Å². The van der Waals surface area contributed by atoms with Gasteiger partial charge in [-0.2, -0.15) is 0 Å². The van der Waals surface area contributed by atoms with Crippen LogP contribution in [0.15, 0.2) is 61.1 Å². The molecule has 1 nitrogen and oxygen atoms in total. The van der Waals surface area contributed by atoms with Gasteiger partial charge in [0.1, 0.15) is 11.5 Å². The predicted octanol–water partition coefficient (Wildman–Crippen LogP) is 6.18. The third-order valence-corrected chi connectivity index (χ3v) is 1.23. The van der Waals surface area contributed by atoms with E-state index in [4.69, 9.17) is 4.74 Å². The lowest BCUT2D eigenvalue weighted by molar-refractivity contribution is 0.324. The van der Waals surface area contributed by atoms with Gasteiger partial charge >= 0.3 is 0 Å². The highest BCUT2D eigenvalue weighted by Gasteiger charge is 1.89. The molecular weight excluding hydrogens is 220 g/mol. The van der Waals surface area contributed by atoms with Crippen molar-refractivity contribution in [2.45, 2.75) is 48.0 Å². The molecule has 0 unspecified atom stereocenters. The summed E-state index contributed by atoms with van der Waals surface area (Å²) in [6, 6.07) is 0. The normalized spacial score (nSPS) is 10.2. The monoisotopic (exact) mass is 250 g/mol. The molecule has 104 valence electrons. The summed E-state index contributed by atoms with van der Waals surface area (Å²) in [5.74, 6) is 1.43. The fourth-order valence-electron chi connectivity index (χ4n) is 0.682. The summed E-state index contributed by atoms with van der Waals surface area (Å²) in [5.41, 5.74) is 0. The topological polar surface area (TPSA) is 9.23 Å². The van der Waals surface area contributed by atoms with Crippen molar-refractivity contribution in [3.05, 3.63) is 61.1 Å². The fraction of sp³-hybridized carbons (Fsp3) is 0.412. The summed E-state index contributed by atoms with van der Waals surface area (Å²) < 4.78 is 5.34. The van der Waals surface area contributed by atoms with Gasteiger partial charge in [-0.15, -0.1) is 0 Å². The minimum atomic E-state index is 0.609. The van der Waals surface area contributed by atoms with Gasteiger partial charge < -0.3 is 4.74 Å². The molecule has 0 saturated carbocycles. The van der Waals surface area contributed by atoms with E-state index in [9.17, 15) is 0 Å². The molecule has 0 aliphatic rings. The molecule has 0 saturated heterocycles. The molecule has 0 aliphatic carbocycles. The maximum atomic E-state index is 5.34. The molecule has 0 atom stereocenters. The molecule has 18 heavy (non-hydrogen) atoms. The van der Waals surface area contributed by atoms with Gasteiger partial charge in [-0.25, -0.2) is 0 Å². The summed E-state index contributed by atoms with van der Waals surface area (Å²) in [6.45, 7) is 19.4. The lowest BCUT2D eigenvalue weighted by atomic mass is 10.4. The van der Waals surface area contributed by atoms with Crippen LogP contribution in [-0.4, -0.2) is 0 Å². The molecule has 0 radical (unpaired) electrons. The van der Waals surface area contributed by atoms with Crippen molar-refractivity contribution in [1.29, 1.82) is 0 Å². The number of ether oxygens (including phenoxy) is 1. The van der Waals surface area contributed by atoms with Crippen molar-refractivity contribution >= 4 is 0 Å². The number of rotatable bonds is 5. The first kappa shape index (κ1) is 21.8. The Morgan fingerprint density at radius 1 is 1.17 bits per heavy atom. The highest BCUT2D eigenvalue weighted by atomic mass is 16.5. The Labute approximate surface area is 114 Å². The number of allylic oxidation sites excluding steroid dienone is 7. The zero-order chi connectivity index (χ0) is 14.8. The van der Waals surface area contributed by atoms with Gasteiger partial charge in [0, 0.05) is 0 Å². The number of hydrogen-bond donors (Lipinski definition) is 0. The highest BCUT2D eigenvalue weighted by molar-refractivity contribution is 5.16. The first-order valence-electron chi connectivity index (χ1n) is 6.57. The van der Waals surface area contributed by atoms with E-state index in [0.29, 0.717) is 5.76 Å². The molecule has 0 heterocycles. The van der Waals surface area contributed by atoms with E-state index in [1.54, 1.807) is 18.2 Å². The molecular formula is C17H30O. The zero-order valence-electron chi connectivity index (χ0n) is 13.0. The van der Waals surface area contributed by atoms with Crippen LogP contribution in [0, 0.1) is 0 Å². The van der Waals surface area contributed by atoms with E-state index in [1.807, 2.05) is 45.9 Å². The Bertz CT molecular complexity index is 267. The SMILES string of the molecule is C=C/C=C\C(=C)O/C(C)=C/C=C\C.CC.CCC. The van der Waals surface area contributed by atoms with E-state index >= 15 is 0 Å². The van der Waals surface area contributed by atoms with Crippen molar-refractivity contribution in [3.8, 4) is 0 Å². The first-order chi connectivity index (χ1) is 8.62. The van der Waals surface area contributed by atoms with Crippen molar-refractivity contribution < 1.29 is 4.74 Å². The maximum absolute atomic E-state index is 5.34. The molecule has 0 spiro atoms. The first-order valence-corrected chi connectivity index (χ1v) is 6.57. The molecule has 1 heteroatoms. The van der Waals surface area contributed by atoms with Crippen molar-refractivity contribution in [2.75, 3.05) is 0 Å². The lowest BCUT2D eigenvalue weighted by Gasteiger charge is -2.03. The quantitative estimate of drug-likeness (QED) is 0.418. The summed E-state index contributed by atoms with van der Waals surface area (Å²) in [6.07, 6.45) is 12.2. The Balaban J connectivity index is -0.000000389. The van der Waals surface area contributed by atoms with E-state index in [1.165, 1.54) is 6.42 Å². The molecule has 0 aliphatic heterocycles. The Hall–Kier alpha value is -1.50. The molecule has 0 bridgehead atoms. The second kappa shape index (κ2) is 20.9. The molecule has 0 aromatic carbocycles. The van der Waals surface area contributed by atoms with Gasteiger partial charge in [-0.1, -0.05) is 71.6 Å². The van der Waals surface area contributed by atoms with Gasteiger partial charge in [0.25, 0.3) is 0 Å². The molecule has 0 amide bonds. The molecule has 0 aromatic heterocycles. The zero-order valence-corrected chi connectivity index (χ0v) is 13.0. The van der Waals surface area contributed by atoms with Crippen LogP contribution in [-0.2, 0) is 4.74 Å². The summed E-state index contributed by atoms with van der Waals surface area (Å²) in [4.78, 5) is 0.